The monoisotopic (exact) mass is 630 g/mol. The first-order valence-electron chi connectivity index (χ1n) is 16.1. The van der Waals surface area contributed by atoms with Gasteiger partial charge in [-0.15, -0.1) is 0 Å². The predicted octanol–water partition coefficient (Wildman–Crippen LogP) is 6.51. The third-order valence-electron chi connectivity index (χ3n) is 8.48. The summed E-state index contributed by atoms with van der Waals surface area (Å²) in [4.78, 5) is 21.1. The zero-order valence-corrected chi connectivity index (χ0v) is 27.6. The van der Waals surface area contributed by atoms with Crippen molar-refractivity contribution in [1.82, 2.24) is 19.7 Å². The highest BCUT2D eigenvalue weighted by molar-refractivity contribution is 5.85. The zero-order valence-electron chi connectivity index (χ0n) is 27.6. The summed E-state index contributed by atoms with van der Waals surface area (Å²) in [6.07, 6.45) is 2.81. The van der Waals surface area contributed by atoms with Crippen LogP contribution in [0.2, 0.25) is 0 Å². The van der Waals surface area contributed by atoms with E-state index in [2.05, 4.69) is 14.8 Å². The van der Waals surface area contributed by atoms with E-state index in [1.165, 1.54) is 26.0 Å². The van der Waals surface area contributed by atoms with E-state index in [0.717, 1.165) is 48.9 Å². The number of benzene rings is 2. The average molecular weight is 631 g/mol. The fraction of sp³-hybridized carbons (Fsp3) is 0.571. The molecule has 1 N–H and O–H groups in total. The molecular formula is C35H49F3N4O3. The van der Waals surface area contributed by atoms with Gasteiger partial charge in [-0.3, -0.25) is 9.69 Å². The number of rotatable bonds is 16. The topological polar surface area (TPSA) is 61.0 Å². The molecule has 4 rings (SSSR count). The molecule has 1 aliphatic rings. The summed E-state index contributed by atoms with van der Waals surface area (Å²) in [5, 5.41) is 1.02. The number of esters is 1. The van der Waals surface area contributed by atoms with Crippen LogP contribution in [0.5, 0.6) is 5.75 Å². The lowest BCUT2D eigenvalue weighted by Crippen LogP contribution is -2.48. The van der Waals surface area contributed by atoms with Crippen LogP contribution >= 0.6 is 0 Å². The first-order chi connectivity index (χ1) is 21.4. The van der Waals surface area contributed by atoms with Gasteiger partial charge in [0.15, 0.2) is 0 Å². The van der Waals surface area contributed by atoms with Crippen molar-refractivity contribution in [2.45, 2.75) is 71.1 Å². The number of aromatic nitrogens is 1. The van der Waals surface area contributed by atoms with Gasteiger partial charge in [0.05, 0.1) is 12.6 Å². The second-order valence-electron chi connectivity index (χ2n) is 12.9. The van der Waals surface area contributed by atoms with Crippen LogP contribution in [0.15, 0.2) is 36.4 Å². The molecule has 2 heterocycles. The average Bonchev–Trinajstić information content (AvgIpc) is 3.33. The molecule has 0 radical (unpaired) electrons. The fourth-order valence-electron chi connectivity index (χ4n) is 6.17. The molecule has 3 aromatic rings. The van der Waals surface area contributed by atoms with Crippen molar-refractivity contribution in [3.05, 3.63) is 64.9 Å². The molecule has 1 aliphatic heterocycles. The Bertz CT molecular complexity index is 1400. The number of para-hydroxylation sites is 1. The van der Waals surface area contributed by atoms with Crippen LogP contribution in [0.4, 0.5) is 13.2 Å². The molecule has 0 amide bonds. The first kappa shape index (κ1) is 34.8. The molecule has 7 nitrogen and oxygen atoms in total. The maximum absolute atomic E-state index is 15.9. The quantitative estimate of drug-likeness (QED) is 0.144. The Kier molecular flexibility index (Phi) is 12.0. The Labute approximate surface area is 265 Å². The molecule has 0 aliphatic carbocycles. The number of nitrogens with zero attached hydrogens (tertiary/aromatic N) is 3. The van der Waals surface area contributed by atoms with Crippen LogP contribution in [0.25, 0.3) is 10.9 Å². The van der Waals surface area contributed by atoms with E-state index in [4.69, 9.17) is 9.47 Å². The number of carbonyl (C=O) groups excluding carboxylic acids is 1. The second kappa shape index (κ2) is 15.5. The Hall–Kier alpha value is -3.08. The van der Waals surface area contributed by atoms with Crippen molar-refractivity contribution in [2.24, 2.45) is 0 Å². The number of carbonyl (C=O) groups is 1. The van der Waals surface area contributed by atoms with Gasteiger partial charge in [0, 0.05) is 72.9 Å². The number of fused-ring (bicyclic) bond motifs is 3. The van der Waals surface area contributed by atoms with Crippen LogP contribution in [0.1, 0.15) is 69.8 Å². The van der Waals surface area contributed by atoms with Gasteiger partial charge in [-0.25, -0.2) is 13.2 Å². The molecule has 1 aromatic heterocycles. The van der Waals surface area contributed by atoms with Gasteiger partial charge < -0.3 is 24.3 Å². The van der Waals surface area contributed by atoms with E-state index in [-0.39, 0.29) is 36.5 Å². The summed E-state index contributed by atoms with van der Waals surface area (Å²) in [7, 11) is 4.02. The van der Waals surface area contributed by atoms with Gasteiger partial charge in [0.2, 0.25) is 0 Å². The number of halogens is 3. The Morgan fingerprint density at radius 1 is 1.04 bits per heavy atom. The maximum Gasteiger partial charge on any atom is 0.305 e. The third kappa shape index (κ3) is 9.24. The van der Waals surface area contributed by atoms with Gasteiger partial charge in [-0.1, -0.05) is 18.2 Å². The molecule has 0 saturated heterocycles. The molecule has 2 aromatic carbocycles. The molecular weight excluding hydrogens is 581 g/mol. The summed E-state index contributed by atoms with van der Waals surface area (Å²) in [6, 6.07) is 9.37. The van der Waals surface area contributed by atoms with Crippen LogP contribution in [0, 0.1) is 11.6 Å². The van der Waals surface area contributed by atoms with E-state index in [9.17, 15) is 4.79 Å². The number of unbranched alkanes of at least 4 members (excludes halogenated alkanes) is 1. The van der Waals surface area contributed by atoms with Crippen molar-refractivity contribution in [1.29, 1.82) is 0 Å². The highest BCUT2D eigenvalue weighted by Crippen LogP contribution is 2.43. The number of nitrogens with one attached hydrogen (secondary N) is 1. The number of aromatic amines is 1. The Morgan fingerprint density at radius 3 is 2.38 bits per heavy atom. The first-order valence-corrected chi connectivity index (χ1v) is 16.1. The summed E-state index contributed by atoms with van der Waals surface area (Å²) < 4.78 is 57.6. The lowest BCUT2D eigenvalue weighted by Gasteiger charge is -2.43. The van der Waals surface area contributed by atoms with Gasteiger partial charge in [-0.2, -0.15) is 0 Å². The number of hydrogen-bond donors (Lipinski definition) is 1. The van der Waals surface area contributed by atoms with E-state index in [1.807, 2.05) is 57.1 Å². The lowest BCUT2D eigenvalue weighted by molar-refractivity contribution is -0.143. The predicted molar refractivity (Wildman–Crippen MR) is 173 cm³/mol. The van der Waals surface area contributed by atoms with Crippen molar-refractivity contribution < 1.29 is 27.4 Å². The van der Waals surface area contributed by atoms with Gasteiger partial charge in [-0.05, 0) is 79.2 Å². The van der Waals surface area contributed by atoms with Gasteiger partial charge >= 0.3 is 5.97 Å². The highest BCUT2D eigenvalue weighted by Gasteiger charge is 2.41. The number of ether oxygens (including phenoxy) is 2. The minimum absolute atomic E-state index is 0.0277. The summed E-state index contributed by atoms with van der Waals surface area (Å²) in [5.74, 6) is -1.45. The molecule has 2 atom stereocenters. The molecule has 0 saturated carbocycles. The standard InChI is InChI=1S/C35H49F3N4O3/c1-7-44-31(43)14-10-11-15-40(5)16-17-41(6)18-19-45-25-21-28(36)32(29(37)22-25)34-33-27(26-12-8-9-13-30(26)39-33)20-24(2)42(34)23-35(3,4)38/h8-9,12-13,21-22,24,34,39H,7,10-11,14-20,23H2,1-6H3/t24-,34?/m1/s1. The van der Waals surface area contributed by atoms with Crippen molar-refractivity contribution in [3.63, 3.8) is 0 Å². The minimum atomic E-state index is -1.56. The second-order valence-corrected chi connectivity index (χ2v) is 12.9. The number of likely N-dealkylation sites (N-methyl/N-ethyl adjacent to an activating group) is 2. The zero-order chi connectivity index (χ0) is 32.7. The minimum Gasteiger partial charge on any atom is -0.492 e. The summed E-state index contributed by atoms with van der Waals surface area (Å²) >= 11 is 0. The van der Waals surface area contributed by atoms with Crippen molar-refractivity contribution >= 4 is 16.9 Å². The number of alkyl halides is 1. The van der Waals surface area contributed by atoms with Gasteiger partial charge in [0.1, 0.15) is 29.7 Å². The van der Waals surface area contributed by atoms with Gasteiger partial charge in [0.25, 0.3) is 0 Å². The van der Waals surface area contributed by atoms with E-state index in [0.29, 0.717) is 31.7 Å². The Morgan fingerprint density at radius 2 is 1.71 bits per heavy atom. The van der Waals surface area contributed by atoms with Crippen molar-refractivity contribution in [3.8, 4) is 5.75 Å². The van der Waals surface area contributed by atoms with Crippen molar-refractivity contribution in [2.75, 3.05) is 60.0 Å². The summed E-state index contributed by atoms with van der Waals surface area (Å²) in [5.41, 5.74) is 0.951. The molecule has 1 unspecified atom stereocenters. The molecule has 0 spiro atoms. The van der Waals surface area contributed by atoms with Crippen LogP contribution in [-0.2, 0) is 16.0 Å². The molecule has 45 heavy (non-hydrogen) atoms. The fourth-order valence-corrected chi connectivity index (χ4v) is 6.17. The van der Waals surface area contributed by atoms with Crippen LogP contribution in [-0.4, -0.2) is 97.4 Å². The molecule has 0 fully saturated rings. The molecule has 0 bridgehead atoms. The normalized spacial score (nSPS) is 17.3. The largest absolute Gasteiger partial charge is 0.492 e. The van der Waals surface area contributed by atoms with E-state index >= 15 is 13.2 Å². The maximum atomic E-state index is 15.9. The molecule has 248 valence electrons. The van der Waals surface area contributed by atoms with Crippen LogP contribution in [0.3, 0.4) is 0 Å². The van der Waals surface area contributed by atoms with E-state index in [1.54, 1.807) is 0 Å². The van der Waals surface area contributed by atoms with Crippen LogP contribution < -0.4 is 4.74 Å². The SMILES string of the molecule is CCOC(=O)CCCCN(C)CCN(C)CCOc1cc(F)c(C2c3[nH]c4ccccc4c3C[C@@H](C)N2CC(C)(C)F)c(F)c1. The number of hydrogen-bond acceptors (Lipinski definition) is 6. The molecule has 10 heteroatoms. The smallest absolute Gasteiger partial charge is 0.305 e. The lowest BCUT2D eigenvalue weighted by atomic mass is 9.87. The summed E-state index contributed by atoms with van der Waals surface area (Å²) in [6.45, 7) is 10.6. The number of H-pyrrole nitrogens is 1. The van der Waals surface area contributed by atoms with E-state index < -0.39 is 23.3 Å². The highest BCUT2D eigenvalue weighted by atomic mass is 19.1. The third-order valence-corrected chi connectivity index (χ3v) is 8.48. The Balaban J connectivity index is 1.39.